The summed E-state index contributed by atoms with van der Waals surface area (Å²) in [5.41, 5.74) is 0. The van der Waals surface area contributed by atoms with Gasteiger partial charge in [0.1, 0.15) is 0 Å². The number of rotatable bonds is 1. The topological polar surface area (TPSA) is 54.4 Å². The summed E-state index contributed by atoms with van der Waals surface area (Å²) in [6.07, 6.45) is 0. The molecule has 0 aromatic heterocycles. The first-order valence-electron chi connectivity index (χ1n) is 2.63. The van der Waals surface area contributed by atoms with Crippen molar-refractivity contribution in [3.8, 4) is 0 Å². The van der Waals surface area contributed by atoms with Crippen molar-refractivity contribution in [3.05, 3.63) is 30.3 Å². The Balaban J connectivity index is 0. The minimum absolute atomic E-state index is 0. The Morgan fingerprint density at radius 1 is 1.18 bits per heavy atom. The average Bonchev–Trinajstić information content (AvgIpc) is 1.88. The van der Waals surface area contributed by atoms with Crippen LogP contribution < -0.4 is 29.6 Å². The maximum atomic E-state index is 10.4. The summed E-state index contributed by atoms with van der Waals surface area (Å²) in [5.74, 6) is 0. The predicted molar refractivity (Wildman–Crippen MR) is 37.4 cm³/mol. The molecule has 0 unspecified atom stereocenters. The van der Waals surface area contributed by atoms with E-state index in [1.807, 2.05) is 0 Å². The fourth-order valence-corrected chi connectivity index (χ4v) is 1.09. The molecule has 1 N–H and O–H groups in total. The minimum Gasteiger partial charge on any atom is -1.00 e. The SMILES string of the molecule is O=S(=O)(O)c1ccccc1.[H-].[Na+]. The molecule has 0 radical (unpaired) electrons. The van der Waals surface area contributed by atoms with Crippen LogP contribution >= 0.6 is 0 Å². The van der Waals surface area contributed by atoms with E-state index in [-0.39, 0.29) is 35.9 Å². The molecule has 0 fully saturated rings. The van der Waals surface area contributed by atoms with Crippen molar-refractivity contribution in [2.75, 3.05) is 0 Å². The van der Waals surface area contributed by atoms with Gasteiger partial charge in [-0.3, -0.25) is 4.55 Å². The third-order valence-electron chi connectivity index (χ3n) is 1.04. The van der Waals surface area contributed by atoms with E-state index in [1.165, 1.54) is 12.1 Å². The second kappa shape index (κ2) is 4.23. The molecule has 3 nitrogen and oxygen atoms in total. The van der Waals surface area contributed by atoms with Crippen molar-refractivity contribution in [2.45, 2.75) is 4.90 Å². The first-order valence-corrected chi connectivity index (χ1v) is 4.07. The van der Waals surface area contributed by atoms with Crippen LogP contribution in [0.1, 0.15) is 1.43 Å². The van der Waals surface area contributed by atoms with E-state index in [0.717, 1.165) is 0 Å². The van der Waals surface area contributed by atoms with Gasteiger partial charge in [-0.1, -0.05) is 18.2 Å². The molecule has 0 heterocycles. The van der Waals surface area contributed by atoms with Crippen molar-refractivity contribution < 1.29 is 44.0 Å². The molecule has 0 saturated carbocycles. The van der Waals surface area contributed by atoms with Crippen LogP contribution in [0.5, 0.6) is 0 Å². The monoisotopic (exact) mass is 182 g/mol. The summed E-state index contributed by atoms with van der Waals surface area (Å²) >= 11 is 0. The maximum Gasteiger partial charge on any atom is 1.00 e. The number of hydrogen-bond acceptors (Lipinski definition) is 2. The summed E-state index contributed by atoms with van der Waals surface area (Å²) in [5, 5.41) is 0. The molecular weight excluding hydrogens is 175 g/mol. The van der Waals surface area contributed by atoms with Crippen LogP contribution in [0.3, 0.4) is 0 Å². The van der Waals surface area contributed by atoms with Crippen molar-refractivity contribution in [1.82, 2.24) is 0 Å². The molecule has 0 aliphatic heterocycles. The normalized spacial score (nSPS) is 10.3. The van der Waals surface area contributed by atoms with E-state index in [2.05, 4.69) is 0 Å². The van der Waals surface area contributed by atoms with Gasteiger partial charge < -0.3 is 1.43 Å². The van der Waals surface area contributed by atoms with Gasteiger partial charge in [-0.05, 0) is 12.1 Å². The van der Waals surface area contributed by atoms with Crippen molar-refractivity contribution in [3.63, 3.8) is 0 Å². The first kappa shape index (κ1) is 11.1. The quantitative estimate of drug-likeness (QED) is 0.405. The van der Waals surface area contributed by atoms with E-state index in [0.29, 0.717) is 0 Å². The van der Waals surface area contributed by atoms with Crippen molar-refractivity contribution in [2.24, 2.45) is 0 Å². The Hall–Kier alpha value is 0.130. The van der Waals surface area contributed by atoms with E-state index in [1.54, 1.807) is 18.2 Å². The van der Waals surface area contributed by atoms with Crippen LogP contribution in [0.2, 0.25) is 0 Å². The molecule has 56 valence electrons. The number of benzene rings is 1. The Morgan fingerprint density at radius 2 is 1.64 bits per heavy atom. The first-order chi connectivity index (χ1) is 4.61. The maximum absolute atomic E-state index is 10.4. The molecule has 0 saturated heterocycles. The van der Waals surface area contributed by atoms with Crippen LogP contribution in [0.15, 0.2) is 35.2 Å². The van der Waals surface area contributed by atoms with E-state index in [4.69, 9.17) is 4.55 Å². The fraction of sp³-hybridized carbons (Fsp3) is 0. The van der Waals surface area contributed by atoms with Gasteiger partial charge in [0, 0.05) is 0 Å². The van der Waals surface area contributed by atoms with Gasteiger partial charge in [-0.25, -0.2) is 0 Å². The van der Waals surface area contributed by atoms with Crippen LogP contribution in [0, 0.1) is 0 Å². The Labute approximate surface area is 89.0 Å². The van der Waals surface area contributed by atoms with Gasteiger partial charge in [0.25, 0.3) is 10.1 Å². The van der Waals surface area contributed by atoms with Gasteiger partial charge in [0.05, 0.1) is 4.90 Å². The smallest absolute Gasteiger partial charge is 1.00 e. The summed E-state index contributed by atoms with van der Waals surface area (Å²) < 4.78 is 29.2. The van der Waals surface area contributed by atoms with Crippen LogP contribution in [-0.4, -0.2) is 13.0 Å². The number of hydrogen-bond donors (Lipinski definition) is 1. The minimum atomic E-state index is -4.00. The molecular formula is C6H7NaO3S. The Bertz CT molecular complexity index is 311. The molecule has 0 spiro atoms. The zero-order chi connectivity index (χ0) is 7.61. The second-order valence-corrected chi connectivity index (χ2v) is 3.21. The van der Waals surface area contributed by atoms with E-state index < -0.39 is 10.1 Å². The van der Waals surface area contributed by atoms with E-state index in [9.17, 15) is 8.42 Å². The summed E-state index contributed by atoms with van der Waals surface area (Å²) in [4.78, 5) is -0.0741. The second-order valence-electron chi connectivity index (χ2n) is 1.79. The summed E-state index contributed by atoms with van der Waals surface area (Å²) in [6, 6.07) is 7.42. The summed E-state index contributed by atoms with van der Waals surface area (Å²) in [6.45, 7) is 0. The van der Waals surface area contributed by atoms with Crippen LogP contribution in [0.4, 0.5) is 0 Å². The van der Waals surface area contributed by atoms with Crippen molar-refractivity contribution >= 4 is 10.1 Å². The third-order valence-corrected chi connectivity index (χ3v) is 1.91. The van der Waals surface area contributed by atoms with E-state index >= 15 is 0 Å². The largest absolute Gasteiger partial charge is 1.00 e. The van der Waals surface area contributed by atoms with Gasteiger partial charge >= 0.3 is 29.6 Å². The zero-order valence-electron chi connectivity index (χ0n) is 7.06. The molecule has 1 aromatic rings. The van der Waals surface area contributed by atoms with Crippen LogP contribution in [-0.2, 0) is 10.1 Å². The molecule has 0 bridgehead atoms. The van der Waals surface area contributed by atoms with Crippen LogP contribution in [0.25, 0.3) is 0 Å². The van der Waals surface area contributed by atoms with Gasteiger partial charge in [0.2, 0.25) is 0 Å². The average molecular weight is 182 g/mol. The Kier molecular flexibility index (Phi) is 4.28. The standard InChI is InChI=1S/C6H6O3S.Na.H/c7-10(8,9)6-4-2-1-3-5-6;;/h1-5H,(H,7,8,9);;/q;+1;-1. The molecule has 1 rings (SSSR count). The van der Waals surface area contributed by atoms with Crippen molar-refractivity contribution in [1.29, 1.82) is 0 Å². The third kappa shape index (κ3) is 3.35. The van der Waals surface area contributed by atoms with Gasteiger partial charge in [-0.2, -0.15) is 8.42 Å². The molecule has 5 heteroatoms. The molecule has 1 aromatic carbocycles. The fourth-order valence-electron chi connectivity index (χ4n) is 0.592. The molecule has 0 aliphatic carbocycles. The Morgan fingerprint density at radius 3 is 1.91 bits per heavy atom. The molecule has 0 atom stereocenters. The molecule has 0 amide bonds. The zero-order valence-corrected chi connectivity index (χ0v) is 8.88. The molecule has 0 aliphatic rings. The molecule has 11 heavy (non-hydrogen) atoms. The van der Waals surface area contributed by atoms with Gasteiger partial charge in [-0.15, -0.1) is 0 Å². The predicted octanol–water partition coefficient (Wildman–Crippen LogP) is -1.95. The summed E-state index contributed by atoms with van der Waals surface area (Å²) in [7, 11) is -4.00. The van der Waals surface area contributed by atoms with Gasteiger partial charge in [0.15, 0.2) is 0 Å².